The minimum atomic E-state index is -0.146. The van der Waals surface area contributed by atoms with Crippen LogP contribution in [0.25, 0.3) is 0 Å². The van der Waals surface area contributed by atoms with Gasteiger partial charge in [-0.05, 0) is 64.3 Å². The summed E-state index contributed by atoms with van der Waals surface area (Å²) in [6, 6.07) is 1.61. The Morgan fingerprint density at radius 2 is 2.21 bits per heavy atom. The minimum absolute atomic E-state index is 0.122. The van der Waals surface area contributed by atoms with Gasteiger partial charge in [0.15, 0.2) is 0 Å². The quantitative estimate of drug-likeness (QED) is 0.568. The highest BCUT2D eigenvalue weighted by atomic mass is 79.9. The van der Waals surface area contributed by atoms with E-state index in [1.54, 1.807) is 0 Å². The average Bonchev–Trinajstić information content (AvgIpc) is 2.43. The van der Waals surface area contributed by atoms with Crippen molar-refractivity contribution in [1.29, 1.82) is 0 Å². The summed E-state index contributed by atoms with van der Waals surface area (Å²) in [7, 11) is 0. The van der Waals surface area contributed by atoms with Gasteiger partial charge in [0.1, 0.15) is 5.82 Å². The highest BCUT2D eigenvalue weighted by Gasteiger charge is 2.32. The Morgan fingerprint density at radius 1 is 1.53 bits per heavy atom. The van der Waals surface area contributed by atoms with Crippen LogP contribution in [0, 0.1) is 11.2 Å². The average molecular weight is 349 g/mol. The fraction of sp³-hybridized carbons (Fsp3) is 0.600. The standard InChI is InChI=1S/C15H20BrClFN/c1-4-19-12-8-15(2,3)6-5-9-11(18)7-10(16)14(17)13(9)12/h7,12,19H,4-6,8H2,1-3H3. The van der Waals surface area contributed by atoms with Crippen molar-refractivity contribution in [2.45, 2.75) is 46.1 Å². The van der Waals surface area contributed by atoms with Crippen molar-refractivity contribution in [1.82, 2.24) is 5.32 Å². The summed E-state index contributed by atoms with van der Waals surface area (Å²) >= 11 is 9.78. The van der Waals surface area contributed by atoms with Crippen LogP contribution in [0.5, 0.6) is 0 Å². The summed E-state index contributed by atoms with van der Waals surface area (Å²) in [5.74, 6) is -0.146. The van der Waals surface area contributed by atoms with Gasteiger partial charge in [0.05, 0.1) is 5.02 Å². The molecule has 1 N–H and O–H groups in total. The maximum absolute atomic E-state index is 14.2. The molecule has 0 amide bonds. The molecule has 1 aliphatic rings. The van der Waals surface area contributed by atoms with Gasteiger partial charge >= 0.3 is 0 Å². The SMILES string of the molecule is CCNC1CC(C)(C)CCc2c(F)cc(Br)c(Cl)c21. The second-order valence-electron chi connectivity index (χ2n) is 6.03. The van der Waals surface area contributed by atoms with Crippen LogP contribution in [0.15, 0.2) is 10.5 Å². The monoisotopic (exact) mass is 347 g/mol. The molecule has 1 unspecified atom stereocenters. The predicted octanol–water partition coefficient (Wildman–Crippen LogP) is 5.25. The zero-order valence-corrected chi connectivity index (χ0v) is 14.0. The van der Waals surface area contributed by atoms with Crippen LogP contribution in [-0.2, 0) is 6.42 Å². The van der Waals surface area contributed by atoms with Gasteiger partial charge in [-0.2, -0.15) is 0 Å². The summed E-state index contributed by atoms with van der Waals surface area (Å²) in [6.07, 6.45) is 2.71. The second-order valence-corrected chi connectivity index (χ2v) is 7.26. The van der Waals surface area contributed by atoms with Crippen molar-refractivity contribution < 1.29 is 4.39 Å². The summed E-state index contributed by atoms with van der Waals surface area (Å²) in [4.78, 5) is 0. The molecule has 1 aliphatic carbocycles. The first-order valence-electron chi connectivity index (χ1n) is 6.75. The molecule has 19 heavy (non-hydrogen) atoms. The number of nitrogens with one attached hydrogen (secondary N) is 1. The Bertz CT molecular complexity index is 488. The van der Waals surface area contributed by atoms with Gasteiger partial charge in [0, 0.05) is 10.5 Å². The number of hydrogen-bond acceptors (Lipinski definition) is 1. The van der Waals surface area contributed by atoms with Crippen molar-refractivity contribution in [3.05, 3.63) is 32.5 Å². The molecular formula is C15H20BrClFN. The minimum Gasteiger partial charge on any atom is -0.310 e. The Labute approximate surface area is 128 Å². The third kappa shape index (κ3) is 3.14. The largest absolute Gasteiger partial charge is 0.310 e. The van der Waals surface area contributed by atoms with Crippen LogP contribution in [0.3, 0.4) is 0 Å². The van der Waals surface area contributed by atoms with Gasteiger partial charge in [-0.1, -0.05) is 32.4 Å². The van der Waals surface area contributed by atoms with E-state index < -0.39 is 0 Å². The highest BCUT2D eigenvalue weighted by molar-refractivity contribution is 9.10. The topological polar surface area (TPSA) is 12.0 Å². The van der Waals surface area contributed by atoms with Crippen LogP contribution < -0.4 is 5.32 Å². The maximum Gasteiger partial charge on any atom is 0.127 e. The van der Waals surface area contributed by atoms with Crippen LogP contribution in [0.4, 0.5) is 4.39 Å². The van der Waals surface area contributed by atoms with Gasteiger partial charge in [-0.3, -0.25) is 0 Å². The molecule has 1 aromatic rings. The van der Waals surface area contributed by atoms with Crippen molar-refractivity contribution in [2.24, 2.45) is 5.41 Å². The number of fused-ring (bicyclic) bond motifs is 1. The van der Waals surface area contributed by atoms with Gasteiger partial charge in [0.2, 0.25) is 0 Å². The van der Waals surface area contributed by atoms with Gasteiger partial charge in [0.25, 0.3) is 0 Å². The molecule has 1 nitrogen and oxygen atoms in total. The van der Waals surface area contributed by atoms with Gasteiger partial charge in [-0.25, -0.2) is 4.39 Å². The van der Waals surface area contributed by atoms with E-state index in [1.165, 1.54) is 6.07 Å². The van der Waals surface area contributed by atoms with Crippen LogP contribution in [0.2, 0.25) is 5.02 Å². The number of rotatable bonds is 2. The summed E-state index contributed by atoms with van der Waals surface area (Å²) in [5, 5.41) is 4.11. The first-order chi connectivity index (χ1) is 8.85. The van der Waals surface area contributed by atoms with Crippen molar-refractivity contribution >= 4 is 27.5 Å². The van der Waals surface area contributed by atoms with Crippen molar-refractivity contribution in [3.63, 3.8) is 0 Å². The predicted molar refractivity (Wildman–Crippen MR) is 82.2 cm³/mol. The second kappa shape index (κ2) is 5.71. The lowest BCUT2D eigenvalue weighted by Gasteiger charge is -2.28. The van der Waals surface area contributed by atoms with Gasteiger partial charge in [-0.15, -0.1) is 0 Å². The molecule has 0 aliphatic heterocycles. The van der Waals surface area contributed by atoms with E-state index in [2.05, 4.69) is 42.0 Å². The lowest BCUT2D eigenvalue weighted by Crippen LogP contribution is -2.26. The Hall–Kier alpha value is -0.120. The third-order valence-electron chi connectivity index (χ3n) is 3.92. The Balaban J connectivity index is 2.57. The van der Waals surface area contributed by atoms with E-state index >= 15 is 0 Å². The molecule has 0 heterocycles. The fourth-order valence-corrected chi connectivity index (χ4v) is 3.62. The molecule has 0 bridgehead atoms. The van der Waals surface area contributed by atoms with E-state index in [9.17, 15) is 4.39 Å². The molecule has 0 radical (unpaired) electrons. The van der Waals surface area contributed by atoms with Crippen molar-refractivity contribution in [2.75, 3.05) is 6.54 Å². The van der Waals surface area contributed by atoms with Crippen LogP contribution in [-0.4, -0.2) is 6.54 Å². The molecule has 0 fully saturated rings. The van der Waals surface area contributed by atoms with Crippen molar-refractivity contribution in [3.8, 4) is 0 Å². The summed E-state index contributed by atoms with van der Waals surface area (Å²) in [5.41, 5.74) is 1.92. The molecule has 106 valence electrons. The zero-order chi connectivity index (χ0) is 14.2. The fourth-order valence-electron chi connectivity index (χ4n) is 2.91. The lowest BCUT2D eigenvalue weighted by atomic mass is 9.83. The summed E-state index contributed by atoms with van der Waals surface area (Å²) < 4.78 is 14.9. The number of halogens is 3. The van der Waals surface area contributed by atoms with E-state index in [1.807, 2.05) is 0 Å². The van der Waals surface area contributed by atoms with E-state index in [-0.39, 0.29) is 17.3 Å². The molecule has 0 saturated heterocycles. The maximum atomic E-state index is 14.2. The highest BCUT2D eigenvalue weighted by Crippen LogP contribution is 2.44. The molecule has 0 saturated carbocycles. The molecule has 1 atom stereocenters. The van der Waals surface area contributed by atoms with E-state index in [0.29, 0.717) is 9.50 Å². The normalized spacial score (nSPS) is 21.9. The zero-order valence-electron chi connectivity index (χ0n) is 11.6. The molecule has 2 rings (SSSR count). The first-order valence-corrected chi connectivity index (χ1v) is 7.92. The molecular weight excluding hydrogens is 329 g/mol. The van der Waals surface area contributed by atoms with Gasteiger partial charge < -0.3 is 5.32 Å². The first kappa shape index (κ1) is 15.3. The number of benzene rings is 1. The number of hydrogen-bond donors (Lipinski definition) is 1. The van der Waals surface area contributed by atoms with Crippen LogP contribution in [0.1, 0.15) is 50.8 Å². The molecule has 1 aromatic carbocycles. The molecule has 0 aromatic heterocycles. The lowest BCUT2D eigenvalue weighted by molar-refractivity contribution is 0.275. The summed E-state index contributed by atoms with van der Waals surface area (Å²) in [6.45, 7) is 7.40. The smallest absolute Gasteiger partial charge is 0.127 e. The van der Waals surface area contributed by atoms with E-state index in [4.69, 9.17) is 11.6 Å². The Kier molecular flexibility index (Phi) is 4.59. The van der Waals surface area contributed by atoms with E-state index in [0.717, 1.165) is 36.9 Å². The molecule has 0 spiro atoms. The molecule has 4 heteroatoms. The third-order valence-corrected chi connectivity index (χ3v) is 5.18. The Morgan fingerprint density at radius 3 is 2.84 bits per heavy atom. The van der Waals surface area contributed by atoms with Crippen LogP contribution >= 0.6 is 27.5 Å².